The number of phenolic OH excluding ortho intramolecular Hbond substituents is 1. The van der Waals surface area contributed by atoms with Crippen molar-refractivity contribution in [1.82, 2.24) is 14.9 Å². The summed E-state index contributed by atoms with van der Waals surface area (Å²) in [7, 11) is 0. The summed E-state index contributed by atoms with van der Waals surface area (Å²) in [6.07, 6.45) is 1.59. The van der Waals surface area contributed by atoms with E-state index in [9.17, 15) is 5.11 Å². The van der Waals surface area contributed by atoms with Crippen LogP contribution in [0.1, 0.15) is 17.5 Å². The van der Waals surface area contributed by atoms with Crippen molar-refractivity contribution in [3.63, 3.8) is 0 Å². The van der Waals surface area contributed by atoms with Crippen LogP contribution in [0.4, 0.5) is 11.8 Å². The van der Waals surface area contributed by atoms with Crippen molar-refractivity contribution >= 4 is 11.8 Å². The lowest BCUT2D eigenvalue weighted by Crippen LogP contribution is -2.37. The first-order valence-electron chi connectivity index (χ1n) is 7.65. The predicted molar refractivity (Wildman–Crippen MR) is 85.9 cm³/mol. The van der Waals surface area contributed by atoms with Crippen LogP contribution >= 0.6 is 0 Å². The molecular formula is C16H19N5O2. The van der Waals surface area contributed by atoms with Gasteiger partial charge in [-0.15, -0.1) is 0 Å². The number of hydrogen-bond donors (Lipinski definition) is 3. The number of nitrogens with zero attached hydrogens (tertiary/aromatic N) is 3. The van der Waals surface area contributed by atoms with Gasteiger partial charge in [-0.25, -0.2) is 0 Å². The molecule has 1 aromatic carbocycles. The summed E-state index contributed by atoms with van der Waals surface area (Å²) >= 11 is 0. The fourth-order valence-corrected chi connectivity index (χ4v) is 3.49. The van der Waals surface area contributed by atoms with Gasteiger partial charge in [0.15, 0.2) is 0 Å². The molecule has 0 aliphatic carbocycles. The topological polar surface area (TPSA) is 111 Å². The standard InChI is InChI=1S/C16H19N5O2/c17-13-11-7-16(23-14(11)20-15(18)19-13)5-6-21(9-16)8-10-3-1-2-4-12(10)22/h1-4,22H,5-9H2,(H4,17,18,19,20)/t16-/m0/s1. The van der Waals surface area contributed by atoms with E-state index in [4.69, 9.17) is 16.2 Å². The molecular weight excluding hydrogens is 294 g/mol. The molecule has 7 heteroatoms. The van der Waals surface area contributed by atoms with E-state index in [0.29, 0.717) is 30.4 Å². The molecule has 1 atom stereocenters. The monoisotopic (exact) mass is 313 g/mol. The summed E-state index contributed by atoms with van der Waals surface area (Å²) in [6.45, 7) is 2.35. The molecule has 0 amide bonds. The Balaban J connectivity index is 1.51. The van der Waals surface area contributed by atoms with Crippen LogP contribution in [-0.2, 0) is 13.0 Å². The average molecular weight is 313 g/mol. The molecule has 1 aromatic heterocycles. The van der Waals surface area contributed by atoms with Gasteiger partial charge in [0.25, 0.3) is 0 Å². The first-order chi connectivity index (χ1) is 11.0. The summed E-state index contributed by atoms with van der Waals surface area (Å²) in [4.78, 5) is 10.5. The first-order valence-corrected chi connectivity index (χ1v) is 7.65. The quantitative estimate of drug-likeness (QED) is 0.756. The molecule has 0 unspecified atom stereocenters. The molecule has 120 valence electrons. The molecule has 1 fully saturated rings. The molecule has 7 nitrogen and oxygen atoms in total. The van der Waals surface area contributed by atoms with Gasteiger partial charge in [0.1, 0.15) is 17.2 Å². The van der Waals surface area contributed by atoms with Crippen LogP contribution in [0.2, 0.25) is 0 Å². The number of aromatic hydroxyl groups is 1. The Morgan fingerprint density at radius 1 is 1.26 bits per heavy atom. The Bertz CT molecular complexity index is 766. The van der Waals surface area contributed by atoms with Gasteiger partial charge in [-0.1, -0.05) is 18.2 Å². The molecule has 23 heavy (non-hydrogen) atoms. The van der Waals surface area contributed by atoms with Crippen LogP contribution in [-0.4, -0.2) is 38.7 Å². The summed E-state index contributed by atoms with van der Waals surface area (Å²) in [6, 6.07) is 7.41. The second-order valence-corrected chi connectivity index (χ2v) is 6.30. The van der Waals surface area contributed by atoms with Gasteiger partial charge in [0, 0.05) is 38.0 Å². The normalized spacial score (nSPS) is 23.1. The lowest BCUT2D eigenvalue weighted by Gasteiger charge is -2.23. The number of anilines is 2. The van der Waals surface area contributed by atoms with E-state index in [-0.39, 0.29) is 11.5 Å². The summed E-state index contributed by atoms with van der Waals surface area (Å²) in [5.41, 5.74) is 13.0. The molecule has 0 bridgehead atoms. The number of hydrogen-bond acceptors (Lipinski definition) is 7. The number of benzene rings is 1. The highest BCUT2D eigenvalue weighted by atomic mass is 16.5. The zero-order chi connectivity index (χ0) is 16.0. The zero-order valence-electron chi connectivity index (χ0n) is 12.7. The Labute approximate surface area is 133 Å². The van der Waals surface area contributed by atoms with Gasteiger partial charge in [-0.3, -0.25) is 4.90 Å². The third-order valence-corrected chi connectivity index (χ3v) is 4.61. The SMILES string of the molecule is Nc1nc(N)c2c(n1)O[C@@]1(CCN(Cc3ccccc3O)C1)C2. The summed E-state index contributed by atoms with van der Waals surface area (Å²) < 4.78 is 6.10. The Hall–Kier alpha value is -2.54. The number of fused-ring (bicyclic) bond motifs is 1. The number of rotatable bonds is 2. The smallest absolute Gasteiger partial charge is 0.225 e. The highest BCUT2D eigenvalue weighted by molar-refractivity contribution is 5.52. The molecule has 2 aliphatic heterocycles. The molecule has 1 saturated heterocycles. The van der Waals surface area contributed by atoms with Gasteiger partial charge in [0.05, 0.1) is 5.56 Å². The molecule has 2 aromatic rings. The van der Waals surface area contributed by atoms with E-state index in [1.54, 1.807) is 6.07 Å². The van der Waals surface area contributed by atoms with E-state index < -0.39 is 0 Å². The van der Waals surface area contributed by atoms with Crippen molar-refractivity contribution in [1.29, 1.82) is 0 Å². The number of aromatic nitrogens is 2. The molecule has 3 heterocycles. The predicted octanol–water partition coefficient (Wildman–Crippen LogP) is 0.926. The van der Waals surface area contributed by atoms with Crippen molar-refractivity contribution in [3.8, 4) is 11.6 Å². The van der Waals surface area contributed by atoms with Crippen LogP contribution in [0, 0.1) is 0 Å². The molecule has 2 aliphatic rings. The number of ether oxygens (including phenoxy) is 1. The molecule has 0 saturated carbocycles. The van der Waals surface area contributed by atoms with Gasteiger partial charge in [-0.2, -0.15) is 9.97 Å². The third kappa shape index (κ3) is 2.43. The Morgan fingerprint density at radius 3 is 2.91 bits per heavy atom. The minimum absolute atomic E-state index is 0.141. The zero-order valence-corrected chi connectivity index (χ0v) is 12.7. The molecule has 4 rings (SSSR count). The highest BCUT2D eigenvalue weighted by Crippen LogP contribution is 2.41. The highest BCUT2D eigenvalue weighted by Gasteiger charge is 2.46. The fourth-order valence-electron chi connectivity index (χ4n) is 3.49. The van der Waals surface area contributed by atoms with E-state index in [1.807, 2.05) is 18.2 Å². The third-order valence-electron chi connectivity index (χ3n) is 4.61. The van der Waals surface area contributed by atoms with Crippen LogP contribution in [0.5, 0.6) is 11.6 Å². The lowest BCUT2D eigenvalue weighted by molar-refractivity contribution is 0.0963. The number of nitrogen functional groups attached to an aromatic ring is 2. The Morgan fingerprint density at radius 2 is 2.09 bits per heavy atom. The maximum atomic E-state index is 9.93. The minimum atomic E-state index is -0.316. The second-order valence-electron chi connectivity index (χ2n) is 6.30. The van der Waals surface area contributed by atoms with Crippen molar-refractivity contribution in [2.75, 3.05) is 24.6 Å². The van der Waals surface area contributed by atoms with Crippen molar-refractivity contribution in [2.24, 2.45) is 0 Å². The molecule has 0 radical (unpaired) electrons. The maximum Gasteiger partial charge on any atom is 0.225 e. The van der Waals surface area contributed by atoms with Crippen molar-refractivity contribution < 1.29 is 9.84 Å². The number of phenols is 1. The van der Waals surface area contributed by atoms with Crippen LogP contribution in [0.3, 0.4) is 0 Å². The Kier molecular flexibility index (Phi) is 3.05. The summed E-state index contributed by atoms with van der Waals surface area (Å²) in [5, 5.41) is 9.93. The van der Waals surface area contributed by atoms with Gasteiger partial charge >= 0.3 is 0 Å². The van der Waals surface area contributed by atoms with Crippen molar-refractivity contribution in [3.05, 3.63) is 35.4 Å². The molecule has 1 spiro atoms. The number of likely N-dealkylation sites (tertiary alicyclic amines) is 1. The minimum Gasteiger partial charge on any atom is -0.508 e. The first kappa shape index (κ1) is 14.1. The van der Waals surface area contributed by atoms with Crippen LogP contribution in [0.25, 0.3) is 0 Å². The van der Waals surface area contributed by atoms with E-state index in [2.05, 4.69) is 14.9 Å². The fraction of sp³-hybridized carbons (Fsp3) is 0.375. The van der Waals surface area contributed by atoms with E-state index in [1.165, 1.54) is 0 Å². The van der Waals surface area contributed by atoms with Gasteiger partial charge in [-0.05, 0) is 6.07 Å². The van der Waals surface area contributed by atoms with E-state index >= 15 is 0 Å². The van der Waals surface area contributed by atoms with Crippen LogP contribution in [0.15, 0.2) is 24.3 Å². The summed E-state index contributed by atoms with van der Waals surface area (Å²) in [5.74, 6) is 1.39. The number of nitrogens with two attached hydrogens (primary N) is 2. The lowest BCUT2D eigenvalue weighted by atomic mass is 9.97. The van der Waals surface area contributed by atoms with Crippen LogP contribution < -0.4 is 16.2 Å². The molecule has 5 N–H and O–H groups in total. The van der Waals surface area contributed by atoms with E-state index in [0.717, 1.165) is 30.6 Å². The van der Waals surface area contributed by atoms with Gasteiger partial charge < -0.3 is 21.3 Å². The average Bonchev–Trinajstić information content (AvgIpc) is 3.05. The maximum absolute atomic E-state index is 9.93. The number of para-hydroxylation sites is 1. The van der Waals surface area contributed by atoms with Gasteiger partial charge in [0.2, 0.25) is 11.8 Å². The largest absolute Gasteiger partial charge is 0.508 e. The van der Waals surface area contributed by atoms with Crippen molar-refractivity contribution in [2.45, 2.75) is 25.0 Å². The second kappa shape index (κ2) is 4.99.